The number of nitrogens with one attached hydrogen (secondary N) is 6. The third-order valence-corrected chi connectivity index (χ3v) is 7.55. The molecule has 1 heterocycles. The van der Waals surface area contributed by atoms with Crippen molar-refractivity contribution in [2.24, 2.45) is 11.7 Å². The van der Waals surface area contributed by atoms with Crippen molar-refractivity contribution in [2.45, 2.75) is 70.8 Å². The van der Waals surface area contributed by atoms with E-state index in [0.717, 1.165) is 10.9 Å². The number of rotatable bonds is 16. The van der Waals surface area contributed by atoms with Crippen LogP contribution < -0.4 is 32.3 Å². The summed E-state index contributed by atoms with van der Waals surface area (Å²) in [5.41, 5.74) is 7.19. The molecule has 0 aliphatic rings. The van der Waals surface area contributed by atoms with Crippen LogP contribution in [0.15, 0.2) is 54.7 Å². The molecule has 10 N–H and O–H groups in total. The molecule has 15 nitrogen and oxygen atoms in total. The minimum Gasteiger partial charge on any atom is -0.508 e. The molecule has 0 saturated carbocycles. The number of H-pyrrole nitrogens is 1. The Balaban J connectivity index is 1.88. The van der Waals surface area contributed by atoms with Gasteiger partial charge >= 0.3 is 0 Å². The molecule has 3 rings (SSSR count). The van der Waals surface area contributed by atoms with E-state index < -0.39 is 78.2 Å². The molecule has 0 saturated heterocycles. The second kappa shape index (κ2) is 16.9. The molecule has 0 fully saturated rings. The molecule has 258 valence electrons. The van der Waals surface area contributed by atoms with Crippen LogP contribution >= 0.6 is 0 Å². The maximum atomic E-state index is 13.9. The van der Waals surface area contributed by atoms with Crippen LogP contribution in [0.3, 0.4) is 0 Å². The predicted octanol–water partition coefficient (Wildman–Crippen LogP) is -0.744. The van der Waals surface area contributed by atoms with E-state index in [1.54, 1.807) is 32.2 Å². The Morgan fingerprint density at radius 1 is 0.771 bits per heavy atom. The van der Waals surface area contributed by atoms with Gasteiger partial charge in [0.15, 0.2) is 0 Å². The number of phenols is 1. The number of primary amides is 1. The van der Waals surface area contributed by atoms with E-state index >= 15 is 0 Å². The second-order valence-corrected chi connectivity index (χ2v) is 11.9. The van der Waals surface area contributed by atoms with Crippen molar-refractivity contribution in [2.75, 3.05) is 6.54 Å². The first-order chi connectivity index (χ1) is 22.7. The number of nitrogens with two attached hydrogens (primary N) is 1. The van der Waals surface area contributed by atoms with Gasteiger partial charge in [-0.15, -0.1) is 0 Å². The zero-order valence-corrected chi connectivity index (χ0v) is 27.2. The number of aromatic amines is 1. The Morgan fingerprint density at radius 2 is 1.38 bits per heavy atom. The zero-order valence-electron chi connectivity index (χ0n) is 27.2. The van der Waals surface area contributed by atoms with Crippen LogP contribution in [0.1, 0.15) is 38.8 Å². The second-order valence-electron chi connectivity index (χ2n) is 11.9. The minimum atomic E-state index is -1.55. The van der Waals surface area contributed by atoms with Crippen LogP contribution in [0.2, 0.25) is 0 Å². The van der Waals surface area contributed by atoms with Crippen molar-refractivity contribution in [3.8, 4) is 5.75 Å². The van der Waals surface area contributed by atoms with Crippen molar-refractivity contribution >= 4 is 46.3 Å². The Kier molecular flexibility index (Phi) is 13.1. The molecular weight excluding hydrogens is 622 g/mol. The van der Waals surface area contributed by atoms with Gasteiger partial charge in [-0.2, -0.15) is 0 Å². The first-order valence-corrected chi connectivity index (χ1v) is 15.4. The lowest BCUT2D eigenvalue weighted by Gasteiger charge is -2.28. The molecule has 0 spiro atoms. The predicted molar refractivity (Wildman–Crippen MR) is 176 cm³/mol. The number of hydrogen-bond donors (Lipinski definition) is 9. The van der Waals surface area contributed by atoms with Crippen molar-refractivity contribution in [1.29, 1.82) is 0 Å². The highest BCUT2D eigenvalue weighted by Gasteiger charge is 2.34. The van der Waals surface area contributed by atoms with Crippen LogP contribution in [0, 0.1) is 5.92 Å². The number of aromatic nitrogens is 1. The Bertz CT molecular complexity index is 1620. The first kappa shape index (κ1) is 37.0. The molecular formula is C33H43N7O8. The number of fused-ring (bicyclic) bond motifs is 1. The van der Waals surface area contributed by atoms with Gasteiger partial charge in [0.2, 0.25) is 35.4 Å². The van der Waals surface area contributed by atoms with Gasteiger partial charge in [0.05, 0.1) is 12.6 Å². The van der Waals surface area contributed by atoms with E-state index in [2.05, 4.69) is 31.6 Å². The molecule has 1 aromatic heterocycles. The summed E-state index contributed by atoms with van der Waals surface area (Å²) >= 11 is 0. The number of carbonyl (C=O) groups is 6. The molecule has 2 aromatic carbocycles. The molecule has 3 aromatic rings. The molecule has 0 unspecified atom stereocenters. The lowest BCUT2D eigenvalue weighted by molar-refractivity contribution is -0.136. The van der Waals surface area contributed by atoms with Gasteiger partial charge in [-0.1, -0.05) is 44.2 Å². The monoisotopic (exact) mass is 665 g/mol. The number of amides is 6. The van der Waals surface area contributed by atoms with Gasteiger partial charge in [0.25, 0.3) is 0 Å². The van der Waals surface area contributed by atoms with Gasteiger partial charge in [-0.25, -0.2) is 0 Å². The third-order valence-electron chi connectivity index (χ3n) is 7.55. The van der Waals surface area contributed by atoms with Crippen molar-refractivity contribution in [1.82, 2.24) is 31.6 Å². The van der Waals surface area contributed by atoms with Crippen molar-refractivity contribution in [3.05, 3.63) is 65.9 Å². The van der Waals surface area contributed by atoms with E-state index in [-0.39, 0.29) is 18.6 Å². The molecule has 0 bridgehead atoms. The average Bonchev–Trinajstić information content (AvgIpc) is 3.43. The summed E-state index contributed by atoms with van der Waals surface area (Å²) in [5.74, 6) is -4.77. The van der Waals surface area contributed by atoms with Crippen LogP contribution in [0.25, 0.3) is 10.9 Å². The average molecular weight is 666 g/mol. The first-order valence-electron chi connectivity index (χ1n) is 15.4. The number of benzene rings is 2. The standard InChI is InChI=1S/C33H43N7O8/c1-17(2)28(32(47)36-16-27(34)44)39-33(48)29(18(3)41)40-31(46)26(14-21-15-35-24-8-6-5-7-23(21)24)38-30(45)25(37-19(4)42)13-20-9-11-22(43)12-10-20/h5-12,15,17-18,25-26,28-29,35,41,43H,13-14,16H2,1-4H3,(H2,34,44)(H,36,47)(H,37,42)(H,38,45)(H,39,48)(H,40,46)/t18-,25+,26+,28+,29+/m1/s1. The largest absolute Gasteiger partial charge is 0.508 e. The van der Waals surface area contributed by atoms with E-state index in [0.29, 0.717) is 11.1 Å². The molecule has 0 radical (unpaired) electrons. The topological polar surface area (TPSA) is 245 Å². The molecule has 6 amide bonds. The number of para-hydroxylation sites is 1. The van der Waals surface area contributed by atoms with Crippen molar-refractivity contribution in [3.63, 3.8) is 0 Å². The van der Waals surface area contributed by atoms with Gasteiger partial charge in [0, 0.05) is 36.9 Å². The summed E-state index contributed by atoms with van der Waals surface area (Å²) in [6, 6.07) is 8.33. The molecule has 48 heavy (non-hydrogen) atoms. The number of aromatic hydroxyl groups is 1. The van der Waals surface area contributed by atoms with Crippen LogP contribution in [-0.4, -0.2) is 87.5 Å². The minimum absolute atomic E-state index is 0.0254. The van der Waals surface area contributed by atoms with Gasteiger partial charge in [0.1, 0.15) is 29.9 Å². The van der Waals surface area contributed by atoms with Crippen LogP contribution in [0.4, 0.5) is 0 Å². The fraction of sp³-hybridized carbons (Fsp3) is 0.394. The van der Waals surface area contributed by atoms with Gasteiger partial charge in [-0.05, 0) is 42.2 Å². The summed E-state index contributed by atoms with van der Waals surface area (Å²) in [5, 5.41) is 33.6. The maximum absolute atomic E-state index is 13.9. The normalized spacial score (nSPS) is 14.2. The molecule has 5 atom stereocenters. The Hall–Kier alpha value is -5.44. The van der Waals surface area contributed by atoms with Crippen LogP contribution in [0.5, 0.6) is 5.75 Å². The number of hydrogen-bond acceptors (Lipinski definition) is 8. The van der Waals surface area contributed by atoms with E-state index in [9.17, 15) is 39.0 Å². The van der Waals surface area contributed by atoms with Crippen LogP contribution in [-0.2, 0) is 41.6 Å². The number of phenolic OH excluding ortho intramolecular Hbond substituents is 1. The van der Waals surface area contributed by atoms with Crippen molar-refractivity contribution < 1.29 is 39.0 Å². The zero-order chi connectivity index (χ0) is 35.5. The van der Waals surface area contributed by atoms with E-state index in [1.807, 2.05) is 24.3 Å². The van der Waals surface area contributed by atoms with Gasteiger partial charge < -0.3 is 47.5 Å². The summed E-state index contributed by atoms with van der Waals surface area (Å²) in [4.78, 5) is 79.8. The smallest absolute Gasteiger partial charge is 0.245 e. The number of aliphatic hydroxyl groups is 1. The summed E-state index contributed by atoms with van der Waals surface area (Å²) in [6.07, 6.45) is 0.267. The summed E-state index contributed by atoms with van der Waals surface area (Å²) in [6.45, 7) is 5.38. The van der Waals surface area contributed by atoms with Gasteiger partial charge in [-0.3, -0.25) is 28.8 Å². The van der Waals surface area contributed by atoms with E-state index in [4.69, 9.17) is 5.73 Å². The quantitative estimate of drug-likeness (QED) is 0.0941. The number of carbonyl (C=O) groups excluding carboxylic acids is 6. The van der Waals surface area contributed by atoms with E-state index in [1.165, 1.54) is 26.0 Å². The Labute approximate surface area is 277 Å². The highest BCUT2D eigenvalue weighted by molar-refractivity contribution is 5.96. The lowest BCUT2D eigenvalue weighted by atomic mass is 10.0. The Morgan fingerprint density at radius 3 is 1.98 bits per heavy atom. The summed E-state index contributed by atoms with van der Waals surface area (Å²) in [7, 11) is 0. The SMILES string of the molecule is CC(=O)N[C@@H](Cc1ccc(O)cc1)C(=O)N[C@@H](Cc1c[nH]c2ccccc12)C(=O)N[C@H](C(=O)N[C@H](C(=O)NCC(N)=O)C(C)C)[C@@H](C)O. The highest BCUT2D eigenvalue weighted by atomic mass is 16.3. The highest BCUT2D eigenvalue weighted by Crippen LogP contribution is 2.20. The number of aliphatic hydroxyl groups excluding tert-OH is 1. The fourth-order valence-electron chi connectivity index (χ4n) is 5.05. The fourth-order valence-corrected chi connectivity index (χ4v) is 5.05. The molecule has 15 heteroatoms. The molecule has 0 aliphatic heterocycles. The maximum Gasteiger partial charge on any atom is 0.245 e. The molecule has 0 aliphatic carbocycles. The lowest BCUT2D eigenvalue weighted by Crippen LogP contribution is -2.61. The third kappa shape index (κ3) is 10.6. The summed E-state index contributed by atoms with van der Waals surface area (Å²) < 4.78 is 0.